The topological polar surface area (TPSA) is 51.0 Å². The summed E-state index contributed by atoms with van der Waals surface area (Å²) in [6, 6.07) is 3.62. The van der Waals surface area contributed by atoms with Gasteiger partial charge in [-0.05, 0) is 41.9 Å². The van der Waals surface area contributed by atoms with Crippen molar-refractivity contribution in [2.75, 3.05) is 11.4 Å². The maximum atomic E-state index is 12.5. The van der Waals surface area contributed by atoms with Crippen molar-refractivity contribution >= 4 is 27.5 Å². The van der Waals surface area contributed by atoms with Crippen LogP contribution in [0.25, 0.3) is 0 Å². The van der Waals surface area contributed by atoms with Crippen molar-refractivity contribution in [3.05, 3.63) is 40.9 Å². The van der Waals surface area contributed by atoms with Gasteiger partial charge >= 0.3 is 0 Å². The summed E-state index contributed by atoms with van der Waals surface area (Å²) in [4.78, 5) is 18.2. The first-order chi connectivity index (χ1) is 9.17. The zero-order valence-electron chi connectivity index (χ0n) is 10.9. The highest BCUT2D eigenvalue weighted by Gasteiger charge is 2.21. The predicted octanol–water partition coefficient (Wildman–Crippen LogP) is 2.73. The van der Waals surface area contributed by atoms with Crippen LogP contribution in [0.4, 0.5) is 5.69 Å². The Kier molecular flexibility index (Phi) is 4.31. The second kappa shape index (κ2) is 5.97. The van der Waals surface area contributed by atoms with Gasteiger partial charge in [0.1, 0.15) is 0 Å². The van der Waals surface area contributed by atoms with Gasteiger partial charge in [0, 0.05) is 37.4 Å². The molecule has 0 unspecified atom stereocenters. The van der Waals surface area contributed by atoms with Crippen molar-refractivity contribution in [1.29, 1.82) is 0 Å². The third-order valence-corrected chi connectivity index (χ3v) is 3.36. The van der Waals surface area contributed by atoms with Gasteiger partial charge in [0.15, 0.2) is 5.69 Å². The first-order valence-corrected chi connectivity index (χ1v) is 6.91. The number of hydrogen-bond donors (Lipinski definition) is 0. The van der Waals surface area contributed by atoms with E-state index in [1.165, 1.54) is 0 Å². The highest BCUT2D eigenvalue weighted by atomic mass is 79.9. The molecule has 6 heteroatoms. The van der Waals surface area contributed by atoms with Crippen molar-refractivity contribution < 1.29 is 4.79 Å². The number of carbonyl (C=O) groups is 1. The fourth-order valence-electron chi connectivity index (χ4n) is 1.80. The molecule has 0 saturated carbocycles. The maximum absolute atomic E-state index is 12.5. The Morgan fingerprint density at radius 1 is 1.37 bits per heavy atom. The van der Waals surface area contributed by atoms with E-state index < -0.39 is 0 Å². The van der Waals surface area contributed by atoms with E-state index >= 15 is 0 Å². The standard InChI is InChI=1S/C13H15BrN4O/c1-3-17-9-11(14)12(16-17)13(19)18(4-2)10-5-7-15-8-6-10/h5-9H,3-4H2,1-2H3. The van der Waals surface area contributed by atoms with Crippen molar-refractivity contribution in [2.24, 2.45) is 0 Å². The molecular formula is C13H15BrN4O. The van der Waals surface area contributed by atoms with E-state index in [0.717, 1.165) is 12.2 Å². The summed E-state index contributed by atoms with van der Waals surface area (Å²) in [6.45, 7) is 5.22. The van der Waals surface area contributed by atoms with Crippen LogP contribution in [0.2, 0.25) is 0 Å². The molecule has 1 amide bonds. The van der Waals surface area contributed by atoms with Crippen molar-refractivity contribution in [3.8, 4) is 0 Å². The minimum atomic E-state index is -0.118. The molecule has 0 spiro atoms. The fraction of sp³-hybridized carbons (Fsp3) is 0.308. The Hall–Kier alpha value is -1.69. The number of nitrogens with zero attached hydrogens (tertiary/aromatic N) is 4. The molecule has 100 valence electrons. The monoisotopic (exact) mass is 322 g/mol. The largest absolute Gasteiger partial charge is 0.307 e. The van der Waals surface area contributed by atoms with Crippen LogP contribution in [0, 0.1) is 0 Å². The minimum Gasteiger partial charge on any atom is -0.307 e. The van der Waals surface area contributed by atoms with E-state index in [4.69, 9.17) is 0 Å². The number of amides is 1. The van der Waals surface area contributed by atoms with Gasteiger partial charge in [0.2, 0.25) is 0 Å². The van der Waals surface area contributed by atoms with Gasteiger partial charge in [-0.2, -0.15) is 5.10 Å². The molecule has 0 radical (unpaired) electrons. The van der Waals surface area contributed by atoms with Crippen molar-refractivity contribution in [1.82, 2.24) is 14.8 Å². The third-order valence-electron chi connectivity index (χ3n) is 2.78. The van der Waals surface area contributed by atoms with Crippen LogP contribution < -0.4 is 4.90 Å². The highest BCUT2D eigenvalue weighted by Crippen LogP contribution is 2.20. The second-order valence-electron chi connectivity index (χ2n) is 3.94. The summed E-state index contributed by atoms with van der Waals surface area (Å²) < 4.78 is 2.45. The summed E-state index contributed by atoms with van der Waals surface area (Å²) in [7, 11) is 0. The van der Waals surface area contributed by atoms with Crippen molar-refractivity contribution in [3.63, 3.8) is 0 Å². The van der Waals surface area contributed by atoms with E-state index in [-0.39, 0.29) is 5.91 Å². The average Bonchev–Trinajstić information content (AvgIpc) is 2.82. The molecule has 0 bridgehead atoms. The lowest BCUT2D eigenvalue weighted by atomic mass is 10.3. The number of aromatic nitrogens is 3. The normalized spacial score (nSPS) is 10.5. The number of hydrogen-bond acceptors (Lipinski definition) is 3. The quantitative estimate of drug-likeness (QED) is 0.869. The molecule has 5 nitrogen and oxygen atoms in total. The minimum absolute atomic E-state index is 0.118. The summed E-state index contributed by atoms with van der Waals surface area (Å²) in [5.74, 6) is -0.118. The molecule has 0 aliphatic rings. The molecule has 2 aromatic heterocycles. The van der Waals surface area contributed by atoms with E-state index in [9.17, 15) is 4.79 Å². The van der Waals surface area contributed by atoms with Gasteiger partial charge in [0.25, 0.3) is 5.91 Å². The Morgan fingerprint density at radius 2 is 2.05 bits per heavy atom. The Bertz CT molecular complexity index is 567. The molecule has 0 aromatic carbocycles. The SMILES string of the molecule is CCN(C(=O)c1nn(CC)cc1Br)c1ccncc1. The molecule has 0 N–H and O–H groups in total. The van der Waals surface area contributed by atoms with Gasteiger partial charge in [-0.1, -0.05) is 0 Å². The number of aryl methyl sites for hydroxylation is 1. The number of carbonyl (C=O) groups excluding carboxylic acids is 1. The number of pyridine rings is 1. The van der Waals surface area contributed by atoms with E-state index in [0.29, 0.717) is 16.7 Å². The van der Waals surface area contributed by atoms with Crippen LogP contribution in [0.15, 0.2) is 35.2 Å². The van der Waals surface area contributed by atoms with Gasteiger partial charge in [0.05, 0.1) is 4.47 Å². The lowest BCUT2D eigenvalue weighted by molar-refractivity contribution is 0.0982. The lowest BCUT2D eigenvalue weighted by Gasteiger charge is -2.19. The summed E-state index contributed by atoms with van der Waals surface area (Å²) in [6.07, 6.45) is 5.16. The molecular weight excluding hydrogens is 308 g/mol. The first-order valence-electron chi connectivity index (χ1n) is 6.12. The Morgan fingerprint density at radius 3 is 2.58 bits per heavy atom. The van der Waals surface area contributed by atoms with Crippen LogP contribution in [0.3, 0.4) is 0 Å². The molecule has 0 saturated heterocycles. The smallest absolute Gasteiger partial charge is 0.279 e. The average molecular weight is 323 g/mol. The van der Waals surface area contributed by atoms with Gasteiger partial charge in [-0.25, -0.2) is 0 Å². The third kappa shape index (κ3) is 2.84. The molecule has 0 atom stereocenters. The zero-order valence-corrected chi connectivity index (χ0v) is 12.5. The van der Waals surface area contributed by atoms with Gasteiger partial charge < -0.3 is 4.90 Å². The first kappa shape index (κ1) is 13.7. The van der Waals surface area contributed by atoms with Crippen LogP contribution >= 0.6 is 15.9 Å². The van der Waals surface area contributed by atoms with E-state index in [2.05, 4.69) is 26.0 Å². The zero-order chi connectivity index (χ0) is 13.8. The Labute approximate surface area is 120 Å². The molecule has 0 fully saturated rings. The van der Waals surface area contributed by atoms with E-state index in [1.807, 2.05) is 32.2 Å². The molecule has 2 rings (SSSR count). The van der Waals surface area contributed by atoms with Crippen LogP contribution in [-0.4, -0.2) is 27.2 Å². The molecule has 0 aliphatic heterocycles. The molecule has 2 heterocycles. The van der Waals surface area contributed by atoms with Gasteiger partial charge in [-0.15, -0.1) is 0 Å². The molecule has 0 aliphatic carbocycles. The maximum Gasteiger partial charge on any atom is 0.279 e. The van der Waals surface area contributed by atoms with Gasteiger partial charge in [-0.3, -0.25) is 14.5 Å². The Balaban J connectivity index is 2.33. The van der Waals surface area contributed by atoms with Crippen molar-refractivity contribution in [2.45, 2.75) is 20.4 Å². The number of rotatable bonds is 4. The van der Waals surface area contributed by atoms with Crippen LogP contribution in [0.5, 0.6) is 0 Å². The number of halogens is 1. The fourth-order valence-corrected chi connectivity index (χ4v) is 2.28. The summed E-state index contributed by atoms with van der Waals surface area (Å²) >= 11 is 3.39. The van der Waals surface area contributed by atoms with Crippen LogP contribution in [0.1, 0.15) is 24.3 Å². The highest BCUT2D eigenvalue weighted by molar-refractivity contribution is 9.10. The predicted molar refractivity (Wildman–Crippen MR) is 77.2 cm³/mol. The second-order valence-corrected chi connectivity index (χ2v) is 4.79. The summed E-state index contributed by atoms with van der Waals surface area (Å²) in [5.41, 5.74) is 1.25. The van der Waals surface area contributed by atoms with Crippen LogP contribution in [-0.2, 0) is 6.54 Å². The molecule has 2 aromatic rings. The number of anilines is 1. The summed E-state index contributed by atoms with van der Waals surface area (Å²) in [5, 5.41) is 4.29. The molecule has 19 heavy (non-hydrogen) atoms. The lowest BCUT2D eigenvalue weighted by Crippen LogP contribution is -2.31. The van der Waals surface area contributed by atoms with E-state index in [1.54, 1.807) is 22.0 Å².